The van der Waals surface area contributed by atoms with Crippen molar-refractivity contribution in [2.75, 3.05) is 0 Å². The zero-order chi connectivity index (χ0) is 49.8. The van der Waals surface area contributed by atoms with Gasteiger partial charge < -0.3 is 37.3 Å². The van der Waals surface area contributed by atoms with E-state index >= 15 is 0 Å². The van der Waals surface area contributed by atoms with Crippen LogP contribution in [0.25, 0.3) is 0 Å². The summed E-state index contributed by atoms with van der Waals surface area (Å²) in [5.74, 6) is 1.50. The van der Waals surface area contributed by atoms with Gasteiger partial charge in [-0.3, -0.25) is 4.79 Å². The van der Waals surface area contributed by atoms with Crippen LogP contribution in [-0.4, -0.2) is 102 Å². The average Bonchev–Trinajstić information content (AvgIpc) is 3.73. The van der Waals surface area contributed by atoms with Gasteiger partial charge in [0.25, 0.3) is 0 Å². The van der Waals surface area contributed by atoms with Crippen molar-refractivity contribution in [2.24, 2.45) is 29.6 Å². The van der Waals surface area contributed by atoms with Crippen LogP contribution in [0, 0.1) is 29.6 Å². The monoisotopic (exact) mass is 1080 g/mol. The molecule has 0 aromatic heterocycles. The lowest BCUT2D eigenvalue weighted by Crippen LogP contribution is -2.64. The molecule has 0 spiro atoms. The first-order valence-electron chi connectivity index (χ1n) is 26.4. The van der Waals surface area contributed by atoms with Crippen LogP contribution in [0.5, 0.6) is 0 Å². The lowest BCUT2D eigenvalue weighted by Gasteiger charge is -2.54. The number of carbonyl (C=O) groups is 2. The molecule has 0 aliphatic carbocycles. The number of fused-ring (bicyclic) bond motifs is 1. The lowest BCUT2D eigenvalue weighted by atomic mass is 9.78. The third-order valence-corrected chi connectivity index (χ3v) is 27.1. The molecule has 12 heteroatoms. The molecule has 5 rings (SSSR count). The van der Waals surface area contributed by atoms with Crippen molar-refractivity contribution in [1.29, 1.82) is 0 Å². The highest BCUT2D eigenvalue weighted by Gasteiger charge is 2.54. The molecular weight excluding hydrogens is 988 g/mol. The SMILES string of the molecule is C=C1C[C@H](CCC=O)O[C@H]1CC[C@H]1C[C@H](C)C(=C)[C@@H](C[C@@H]2O[C@H](C[C@H](C)CC)[C@H](C)[C@H]2CC(=O)C[C@H]2CC[C@@H]3O[C@@H]([C@H](/C=C/I)O[Si](C)(C)C(C)(C)C)[C@@H](O[Si](C)(C)C(C)(C)C)[C@@H](C)[C@H]3O2)O1. The molecule has 67 heavy (non-hydrogen) atoms. The Kier molecular flexibility index (Phi) is 20.5. The van der Waals surface area contributed by atoms with Crippen LogP contribution in [0.15, 0.2) is 34.5 Å². The van der Waals surface area contributed by atoms with Gasteiger partial charge in [0.1, 0.15) is 18.2 Å². The molecule has 0 N–H and O–H groups in total. The van der Waals surface area contributed by atoms with E-state index in [9.17, 15) is 9.59 Å². The van der Waals surface area contributed by atoms with Crippen molar-refractivity contribution in [3.8, 4) is 0 Å². The number of aldehydes is 1. The quantitative estimate of drug-likeness (QED) is 0.0482. The van der Waals surface area contributed by atoms with E-state index in [1.54, 1.807) is 0 Å². The molecule has 0 unspecified atom stereocenters. The van der Waals surface area contributed by atoms with Crippen molar-refractivity contribution in [3.63, 3.8) is 0 Å². The average molecular weight is 1080 g/mol. The molecule has 5 aliphatic heterocycles. The maximum atomic E-state index is 14.5. The summed E-state index contributed by atoms with van der Waals surface area (Å²) in [6, 6.07) is 0. The van der Waals surface area contributed by atoms with Gasteiger partial charge in [-0.25, -0.2) is 0 Å². The van der Waals surface area contributed by atoms with Crippen LogP contribution in [0.1, 0.15) is 160 Å². The highest BCUT2D eigenvalue weighted by Crippen LogP contribution is 2.47. The Morgan fingerprint density at radius 3 is 2.13 bits per heavy atom. The minimum atomic E-state index is -2.24. The van der Waals surface area contributed by atoms with Gasteiger partial charge in [-0.15, -0.1) is 0 Å². The summed E-state index contributed by atoms with van der Waals surface area (Å²) < 4.78 is 51.1. The number of carbonyl (C=O) groups excluding carboxylic acids is 2. The maximum absolute atomic E-state index is 14.5. The second-order valence-corrected chi connectivity index (χ2v) is 35.1. The second kappa shape index (κ2) is 24.0. The Labute approximate surface area is 424 Å². The van der Waals surface area contributed by atoms with Crippen molar-refractivity contribution >= 4 is 51.3 Å². The lowest BCUT2D eigenvalue weighted by molar-refractivity contribution is -0.251. The van der Waals surface area contributed by atoms with Gasteiger partial charge in [-0.1, -0.05) is 118 Å². The third-order valence-electron chi connectivity index (χ3n) is 17.7. The fourth-order valence-corrected chi connectivity index (χ4v) is 13.9. The first-order valence-corrected chi connectivity index (χ1v) is 33.5. The van der Waals surface area contributed by atoms with Gasteiger partial charge >= 0.3 is 0 Å². The minimum absolute atomic E-state index is 0.0122. The molecule has 384 valence electrons. The summed E-state index contributed by atoms with van der Waals surface area (Å²) >= 11 is 2.31. The van der Waals surface area contributed by atoms with Crippen LogP contribution in [0.2, 0.25) is 36.3 Å². The fraction of sp³-hybridized carbons (Fsp3) is 0.855. The van der Waals surface area contributed by atoms with Crippen LogP contribution < -0.4 is 0 Å². The number of halogens is 1. The van der Waals surface area contributed by atoms with Crippen molar-refractivity contribution < 1.29 is 42.1 Å². The van der Waals surface area contributed by atoms with E-state index in [2.05, 4.69) is 148 Å². The molecular formula is C55H95IO9Si2. The minimum Gasteiger partial charge on any atom is -0.411 e. The van der Waals surface area contributed by atoms with E-state index in [4.69, 9.17) is 32.5 Å². The third kappa shape index (κ3) is 14.6. The predicted molar refractivity (Wildman–Crippen MR) is 286 cm³/mol. The zero-order valence-corrected chi connectivity index (χ0v) is 48.9. The molecule has 0 aromatic rings. The number of rotatable bonds is 21. The molecule has 5 aliphatic rings. The molecule has 5 heterocycles. The van der Waals surface area contributed by atoms with E-state index in [1.165, 1.54) is 0 Å². The first-order chi connectivity index (χ1) is 31.2. The van der Waals surface area contributed by atoms with Crippen LogP contribution in [0.4, 0.5) is 0 Å². The number of ether oxygens (including phenoxy) is 5. The van der Waals surface area contributed by atoms with Gasteiger partial charge in [-0.05, 0) is 133 Å². The van der Waals surface area contributed by atoms with E-state index in [1.807, 2.05) is 0 Å². The molecule has 0 radical (unpaired) electrons. The van der Waals surface area contributed by atoms with Gasteiger partial charge in [0, 0.05) is 31.6 Å². The van der Waals surface area contributed by atoms with Gasteiger partial charge in [0.05, 0.1) is 67.1 Å². The van der Waals surface area contributed by atoms with Crippen molar-refractivity contribution in [2.45, 2.75) is 269 Å². The Bertz CT molecular complexity index is 1690. The Balaban J connectivity index is 1.28. The van der Waals surface area contributed by atoms with Crippen LogP contribution in [-0.2, 0) is 42.1 Å². The molecule has 0 bridgehead atoms. The molecule has 0 amide bonds. The number of ketones is 1. The molecule has 0 saturated carbocycles. The molecule has 5 fully saturated rings. The van der Waals surface area contributed by atoms with Gasteiger partial charge in [-0.2, -0.15) is 0 Å². The standard InChI is InChI=1S/C55H95IO9Si2/c1-18-34(2)28-48-38(6)44(50(62-48)33-49-37(5)35(3)29-42(60-49)21-23-45-36(4)30-41(59-45)20-19-27-57)32-40(58)31-43-22-24-46-51(61-43)39(7)52(65-67(16,17)55(11,12)13)53(63-46)47(25-26-56)64-66(14,15)54(8,9)10/h25-27,34-35,38-39,41-53H,4-5,18-24,28-33H2,1-3,6-17H3/b26-25+/t34-,35+,38-,39+,41+,42+,43-,44-,45+,46+,47+,48-,49-,50+,51-,52+,53+/m1/s1. The molecule has 9 nitrogen and oxygen atoms in total. The van der Waals surface area contributed by atoms with E-state index in [-0.39, 0.29) is 107 Å². The van der Waals surface area contributed by atoms with E-state index in [0.29, 0.717) is 37.5 Å². The number of hydrogen-bond acceptors (Lipinski definition) is 9. The summed E-state index contributed by atoms with van der Waals surface area (Å²) in [6.07, 6.45) is 12.1. The largest absolute Gasteiger partial charge is 0.411 e. The Morgan fingerprint density at radius 2 is 1.51 bits per heavy atom. The van der Waals surface area contributed by atoms with Crippen LogP contribution >= 0.6 is 22.6 Å². The Hall–Kier alpha value is -0.556. The first kappa shape index (κ1) is 57.3. The van der Waals surface area contributed by atoms with E-state index in [0.717, 1.165) is 75.2 Å². The van der Waals surface area contributed by atoms with Gasteiger partial charge in [0.15, 0.2) is 16.6 Å². The summed E-state index contributed by atoms with van der Waals surface area (Å²) in [6.45, 7) is 43.3. The summed E-state index contributed by atoms with van der Waals surface area (Å²) in [5.41, 5.74) is 2.26. The number of hydrogen-bond donors (Lipinski definition) is 0. The van der Waals surface area contributed by atoms with Crippen molar-refractivity contribution in [3.05, 3.63) is 34.5 Å². The smallest absolute Gasteiger partial charge is 0.193 e. The highest BCUT2D eigenvalue weighted by molar-refractivity contribution is 14.1. The number of Topliss-reactive ketones (excluding diaryl/α,β-unsaturated/α-hetero) is 1. The summed E-state index contributed by atoms with van der Waals surface area (Å²) in [4.78, 5) is 25.4. The summed E-state index contributed by atoms with van der Waals surface area (Å²) in [5, 5.41) is 0.0538. The molecule has 0 aromatic carbocycles. The van der Waals surface area contributed by atoms with Crippen molar-refractivity contribution in [1.82, 2.24) is 0 Å². The molecule has 17 atom stereocenters. The van der Waals surface area contributed by atoms with Gasteiger partial charge in [0.2, 0.25) is 0 Å². The predicted octanol–water partition coefficient (Wildman–Crippen LogP) is 13.7. The highest BCUT2D eigenvalue weighted by atomic mass is 127. The normalized spacial score (nSPS) is 36.6. The Morgan fingerprint density at radius 1 is 0.836 bits per heavy atom. The fourth-order valence-electron chi connectivity index (χ4n) is 10.9. The van der Waals surface area contributed by atoms with E-state index < -0.39 is 16.6 Å². The topological polar surface area (TPSA) is 98.8 Å². The molecule has 5 saturated heterocycles. The second-order valence-electron chi connectivity index (χ2n) is 24.9. The zero-order valence-electron chi connectivity index (χ0n) is 44.7. The van der Waals surface area contributed by atoms with Crippen LogP contribution in [0.3, 0.4) is 0 Å². The summed E-state index contributed by atoms with van der Waals surface area (Å²) in [7, 11) is -4.41. The maximum Gasteiger partial charge on any atom is 0.193 e.